The molecule has 0 radical (unpaired) electrons. The van der Waals surface area contributed by atoms with Crippen LogP contribution in [0.1, 0.15) is 37.0 Å². The van der Waals surface area contributed by atoms with Gasteiger partial charge in [-0.05, 0) is 26.3 Å². The van der Waals surface area contributed by atoms with Crippen molar-refractivity contribution in [2.75, 3.05) is 7.11 Å². The summed E-state index contributed by atoms with van der Waals surface area (Å²) in [6.07, 6.45) is 3.29. The molecule has 0 unspecified atom stereocenters. The smallest absolute Gasteiger partial charge is 0.166 e. The van der Waals surface area contributed by atoms with Crippen LogP contribution in [0.15, 0.2) is 18.5 Å². The van der Waals surface area contributed by atoms with E-state index in [1.54, 1.807) is 7.11 Å². The highest BCUT2D eigenvalue weighted by molar-refractivity contribution is 5.96. The molecule has 4 heteroatoms. The Balaban J connectivity index is 2.64. The van der Waals surface area contributed by atoms with Gasteiger partial charge in [0, 0.05) is 19.7 Å². The van der Waals surface area contributed by atoms with Crippen molar-refractivity contribution in [3.63, 3.8) is 0 Å². The van der Waals surface area contributed by atoms with E-state index in [2.05, 4.69) is 4.98 Å². The van der Waals surface area contributed by atoms with Crippen LogP contribution in [0.4, 0.5) is 4.39 Å². The zero-order chi connectivity index (χ0) is 12.2. The minimum atomic E-state index is -0.567. The van der Waals surface area contributed by atoms with Crippen LogP contribution < -0.4 is 0 Å². The summed E-state index contributed by atoms with van der Waals surface area (Å²) in [6, 6.07) is 1.40. The summed E-state index contributed by atoms with van der Waals surface area (Å²) in [5, 5.41) is 0. The number of ether oxygens (including phenoxy) is 1. The van der Waals surface area contributed by atoms with Gasteiger partial charge in [-0.15, -0.1) is 0 Å². The van der Waals surface area contributed by atoms with Crippen molar-refractivity contribution in [2.24, 2.45) is 0 Å². The van der Waals surface area contributed by atoms with Crippen molar-refractivity contribution in [3.05, 3.63) is 29.8 Å². The summed E-state index contributed by atoms with van der Waals surface area (Å²) in [4.78, 5) is 15.3. The van der Waals surface area contributed by atoms with E-state index in [4.69, 9.17) is 4.74 Å². The summed E-state index contributed by atoms with van der Waals surface area (Å²) in [5.41, 5.74) is -0.263. The lowest BCUT2D eigenvalue weighted by Gasteiger charge is -2.22. The highest BCUT2D eigenvalue weighted by Crippen LogP contribution is 2.18. The van der Waals surface area contributed by atoms with E-state index < -0.39 is 5.82 Å². The summed E-state index contributed by atoms with van der Waals surface area (Å²) < 4.78 is 18.4. The molecule has 0 bridgehead atoms. The van der Waals surface area contributed by atoms with Crippen molar-refractivity contribution < 1.29 is 13.9 Å². The van der Waals surface area contributed by atoms with Crippen molar-refractivity contribution in [2.45, 2.75) is 32.3 Å². The Labute approximate surface area is 94.6 Å². The SMILES string of the molecule is COC(C)(C)CCC(=O)c1ccncc1F. The summed E-state index contributed by atoms with van der Waals surface area (Å²) in [6.45, 7) is 3.78. The highest BCUT2D eigenvalue weighted by atomic mass is 19.1. The van der Waals surface area contributed by atoms with Crippen molar-refractivity contribution in [1.82, 2.24) is 4.98 Å². The summed E-state index contributed by atoms with van der Waals surface area (Å²) >= 11 is 0. The van der Waals surface area contributed by atoms with Gasteiger partial charge < -0.3 is 4.74 Å². The van der Waals surface area contributed by atoms with Crippen LogP contribution in [-0.4, -0.2) is 23.5 Å². The number of carbonyl (C=O) groups is 1. The van der Waals surface area contributed by atoms with Crippen LogP contribution in [-0.2, 0) is 4.74 Å². The molecular formula is C12H16FNO2. The van der Waals surface area contributed by atoms with Crippen LogP contribution >= 0.6 is 0 Å². The number of aromatic nitrogens is 1. The van der Waals surface area contributed by atoms with Gasteiger partial charge in [-0.1, -0.05) is 0 Å². The average Bonchev–Trinajstić information content (AvgIpc) is 2.27. The molecule has 0 aliphatic rings. The molecule has 1 aromatic heterocycles. The maximum atomic E-state index is 13.2. The lowest BCUT2D eigenvalue weighted by atomic mass is 9.98. The van der Waals surface area contributed by atoms with Gasteiger partial charge in [0.1, 0.15) is 0 Å². The van der Waals surface area contributed by atoms with Gasteiger partial charge in [-0.25, -0.2) is 4.39 Å². The zero-order valence-corrected chi connectivity index (χ0v) is 9.79. The van der Waals surface area contributed by atoms with Crippen LogP contribution in [0.5, 0.6) is 0 Å². The molecule has 0 spiro atoms. The molecule has 0 fully saturated rings. The third-order valence-electron chi connectivity index (χ3n) is 2.58. The van der Waals surface area contributed by atoms with Gasteiger partial charge in [0.2, 0.25) is 0 Å². The van der Waals surface area contributed by atoms with Gasteiger partial charge in [0.05, 0.1) is 17.4 Å². The average molecular weight is 225 g/mol. The number of Topliss-reactive ketones (excluding diaryl/α,β-unsaturated/α-hetero) is 1. The number of pyridine rings is 1. The zero-order valence-electron chi connectivity index (χ0n) is 9.79. The number of rotatable bonds is 5. The molecule has 0 saturated carbocycles. The van der Waals surface area contributed by atoms with Crippen molar-refractivity contribution in [1.29, 1.82) is 0 Å². The molecule has 1 rings (SSSR count). The topological polar surface area (TPSA) is 39.2 Å². The van der Waals surface area contributed by atoms with E-state index in [-0.39, 0.29) is 23.4 Å². The number of carbonyl (C=O) groups excluding carboxylic acids is 1. The summed E-state index contributed by atoms with van der Waals surface area (Å²) in [5.74, 6) is -0.784. The molecule has 0 aliphatic carbocycles. The second-order valence-corrected chi connectivity index (χ2v) is 4.24. The first-order valence-corrected chi connectivity index (χ1v) is 5.14. The predicted octanol–water partition coefficient (Wildman–Crippen LogP) is 2.61. The van der Waals surface area contributed by atoms with E-state index in [9.17, 15) is 9.18 Å². The fourth-order valence-corrected chi connectivity index (χ4v) is 1.25. The number of methoxy groups -OCH3 is 1. The highest BCUT2D eigenvalue weighted by Gasteiger charge is 2.19. The first-order chi connectivity index (χ1) is 7.46. The molecule has 16 heavy (non-hydrogen) atoms. The Kier molecular flexibility index (Phi) is 4.12. The Bertz CT molecular complexity index is 377. The standard InChI is InChI=1S/C12H16FNO2/c1-12(2,16-3)6-4-11(15)9-5-7-14-8-10(9)13/h5,7-8H,4,6H2,1-3H3. The van der Waals surface area contributed by atoms with Gasteiger partial charge in [-0.2, -0.15) is 0 Å². The molecule has 0 aliphatic heterocycles. The van der Waals surface area contributed by atoms with Gasteiger partial charge in [0.25, 0.3) is 0 Å². The Morgan fingerprint density at radius 1 is 1.56 bits per heavy atom. The van der Waals surface area contributed by atoms with Gasteiger partial charge in [-0.3, -0.25) is 9.78 Å². The largest absolute Gasteiger partial charge is 0.379 e. The third-order valence-corrected chi connectivity index (χ3v) is 2.58. The molecule has 0 N–H and O–H groups in total. The van der Waals surface area contributed by atoms with E-state index in [1.165, 1.54) is 12.3 Å². The van der Waals surface area contributed by atoms with Crippen molar-refractivity contribution >= 4 is 5.78 Å². The summed E-state index contributed by atoms with van der Waals surface area (Å²) in [7, 11) is 1.59. The minimum absolute atomic E-state index is 0.0990. The quantitative estimate of drug-likeness (QED) is 0.723. The predicted molar refractivity (Wildman–Crippen MR) is 58.8 cm³/mol. The number of halogens is 1. The van der Waals surface area contributed by atoms with E-state index >= 15 is 0 Å². The molecule has 1 aromatic rings. The van der Waals surface area contributed by atoms with Gasteiger partial charge >= 0.3 is 0 Å². The fraction of sp³-hybridized carbons (Fsp3) is 0.500. The Hall–Kier alpha value is -1.29. The first-order valence-electron chi connectivity index (χ1n) is 5.14. The van der Waals surface area contributed by atoms with Crippen molar-refractivity contribution in [3.8, 4) is 0 Å². The second kappa shape index (κ2) is 5.16. The Morgan fingerprint density at radius 3 is 2.81 bits per heavy atom. The normalized spacial score (nSPS) is 11.5. The van der Waals surface area contributed by atoms with Crippen LogP contribution in [0, 0.1) is 5.82 Å². The second-order valence-electron chi connectivity index (χ2n) is 4.24. The molecule has 0 amide bonds. The molecule has 88 valence electrons. The lowest BCUT2D eigenvalue weighted by molar-refractivity contribution is 0.0141. The molecule has 1 heterocycles. The molecule has 3 nitrogen and oxygen atoms in total. The lowest BCUT2D eigenvalue weighted by Crippen LogP contribution is -2.23. The maximum absolute atomic E-state index is 13.2. The molecule has 0 aromatic carbocycles. The molecular weight excluding hydrogens is 209 g/mol. The monoisotopic (exact) mass is 225 g/mol. The van der Waals surface area contributed by atoms with E-state index in [1.807, 2.05) is 13.8 Å². The first kappa shape index (κ1) is 12.8. The number of hydrogen-bond donors (Lipinski definition) is 0. The molecule has 0 atom stereocenters. The number of ketones is 1. The number of nitrogens with zero attached hydrogens (tertiary/aromatic N) is 1. The van der Waals surface area contributed by atoms with E-state index in [0.717, 1.165) is 6.20 Å². The van der Waals surface area contributed by atoms with Crippen LogP contribution in [0.2, 0.25) is 0 Å². The van der Waals surface area contributed by atoms with E-state index in [0.29, 0.717) is 6.42 Å². The maximum Gasteiger partial charge on any atom is 0.166 e. The minimum Gasteiger partial charge on any atom is -0.379 e. The fourth-order valence-electron chi connectivity index (χ4n) is 1.25. The Morgan fingerprint density at radius 2 is 2.25 bits per heavy atom. The van der Waals surface area contributed by atoms with Gasteiger partial charge in [0.15, 0.2) is 11.6 Å². The molecule has 0 saturated heterocycles. The third kappa shape index (κ3) is 3.38. The van der Waals surface area contributed by atoms with Crippen LogP contribution in [0.25, 0.3) is 0 Å². The number of hydrogen-bond acceptors (Lipinski definition) is 3. The van der Waals surface area contributed by atoms with Crippen LogP contribution in [0.3, 0.4) is 0 Å².